The average Bonchev–Trinajstić information content (AvgIpc) is 3.65. The summed E-state index contributed by atoms with van der Waals surface area (Å²) in [7, 11) is 0. The van der Waals surface area contributed by atoms with E-state index in [0.29, 0.717) is 5.82 Å². The van der Waals surface area contributed by atoms with E-state index >= 15 is 0 Å². The van der Waals surface area contributed by atoms with E-state index in [-0.39, 0.29) is 0 Å². The number of nitrogens with zero attached hydrogens (tertiary/aromatic N) is 3. The first-order valence-electron chi connectivity index (χ1n) is 14.6. The summed E-state index contributed by atoms with van der Waals surface area (Å²) in [6.07, 6.45) is 0. The van der Waals surface area contributed by atoms with Crippen molar-refractivity contribution in [3.8, 4) is 22.8 Å². The number of rotatable bonds is 2. The van der Waals surface area contributed by atoms with Crippen LogP contribution >= 0.6 is 22.7 Å². The van der Waals surface area contributed by atoms with Gasteiger partial charge in [-0.05, 0) is 36.4 Å². The van der Waals surface area contributed by atoms with Crippen molar-refractivity contribution in [2.75, 3.05) is 0 Å². The third kappa shape index (κ3) is 3.45. The van der Waals surface area contributed by atoms with Crippen molar-refractivity contribution in [1.82, 2.24) is 15.0 Å². The Kier molecular flexibility index (Phi) is 5.03. The summed E-state index contributed by atoms with van der Waals surface area (Å²) in [5, 5.41) is 9.58. The number of hydrogen-bond donors (Lipinski definition) is 0. The topological polar surface area (TPSA) is 38.7 Å². The minimum atomic E-state index is 0.644. The molecule has 3 nitrogen and oxygen atoms in total. The second kappa shape index (κ2) is 9.13. The molecule has 0 aliphatic rings. The van der Waals surface area contributed by atoms with Gasteiger partial charge in [-0.15, -0.1) is 22.7 Å². The highest BCUT2D eigenvalue weighted by Crippen LogP contribution is 2.43. The molecule has 44 heavy (non-hydrogen) atoms. The lowest BCUT2D eigenvalue weighted by Gasteiger charge is -2.13. The molecular formula is C39H21N3S2. The van der Waals surface area contributed by atoms with Crippen LogP contribution in [0.15, 0.2) is 127 Å². The highest BCUT2D eigenvalue weighted by molar-refractivity contribution is 7.27. The van der Waals surface area contributed by atoms with Gasteiger partial charge in [0.05, 0.1) is 16.7 Å². The molecule has 4 aromatic heterocycles. The molecule has 6 aromatic carbocycles. The third-order valence-corrected chi connectivity index (χ3v) is 11.0. The van der Waals surface area contributed by atoms with Crippen molar-refractivity contribution in [1.29, 1.82) is 0 Å². The fourth-order valence-electron chi connectivity index (χ4n) is 6.66. The van der Waals surface area contributed by atoms with Crippen molar-refractivity contribution in [3.63, 3.8) is 0 Å². The van der Waals surface area contributed by atoms with Crippen molar-refractivity contribution in [2.45, 2.75) is 0 Å². The van der Waals surface area contributed by atoms with Crippen LogP contribution in [-0.4, -0.2) is 15.0 Å². The molecule has 4 heterocycles. The quantitative estimate of drug-likeness (QED) is 0.187. The van der Waals surface area contributed by atoms with E-state index in [1.165, 1.54) is 45.7 Å². The lowest BCUT2D eigenvalue weighted by atomic mass is 10.00. The van der Waals surface area contributed by atoms with Crippen LogP contribution in [0.25, 0.3) is 95.7 Å². The molecule has 10 aromatic rings. The monoisotopic (exact) mass is 595 g/mol. The fourth-order valence-corrected chi connectivity index (χ4v) is 9.01. The summed E-state index contributed by atoms with van der Waals surface area (Å²) in [5.74, 6) is 0.644. The molecule has 0 radical (unpaired) electrons. The summed E-state index contributed by atoms with van der Waals surface area (Å²) >= 11 is 3.68. The highest BCUT2D eigenvalue weighted by atomic mass is 32.1. The van der Waals surface area contributed by atoms with Crippen LogP contribution in [0.5, 0.6) is 0 Å². The van der Waals surface area contributed by atoms with E-state index < -0.39 is 0 Å². The van der Waals surface area contributed by atoms with Crippen molar-refractivity contribution in [3.05, 3.63) is 127 Å². The Hall–Kier alpha value is -5.23. The predicted molar refractivity (Wildman–Crippen MR) is 189 cm³/mol. The second-order valence-corrected chi connectivity index (χ2v) is 13.3. The number of benzene rings is 6. The summed E-state index contributed by atoms with van der Waals surface area (Å²) in [6.45, 7) is 0. The van der Waals surface area contributed by atoms with Crippen LogP contribution < -0.4 is 0 Å². The van der Waals surface area contributed by atoms with Crippen LogP contribution in [-0.2, 0) is 0 Å². The maximum atomic E-state index is 5.33. The predicted octanol–water partition coefficient (Wildman–Crippen LogP) is 11.4. The Bertz CT molecular complexity index is 2790. The zero-order chi connectivity index (χ0) is 28.8. The van der Waals surface area contributed by atoms with E-state index in [1.54, 1.807) is 0 Å². The van der Waals surface area contributed by atoms with Gasteiger partial charge in [0.25, 0.3) is 0 Å². The van der Waals surface area contributed by atoms with E-state index in [9.17, 15) is 0 Å². The first-order chi connectivity index (χ1) is 21.8. The molecular weight excluding hydrogens is 575 g/mol. The van der Waals surface area contributed by atoms with Gasteiger partial charge in [0.1, 0.15) is 5.69 Å². The number of thiophene rings is 2. The first-order valence-corrected chi connectivity index (χ1v) is 16.2. The molecule has 0 saturated carbocycles. The van der Waals surface area contributed by atoms with Crippen LogP contribution in [0.1, 0.15) is 0 Å². The smallest absolute Gasteiger partial charge is 0.179 e. The van der Waals surface area contributed by atoms with E-state index in [2.05, 4.69) is 121 Å². The molecule has 0 aliphatic heterocycles. The molecule has 0 fully saturated rings. The Morgan fingerprint density at radius 3 is 1.82 bits per heavy atom. The normalized spacial score (nSPS) is 12.1. The van der Waals surface area contributed by atoms with Crippen LogP contribution in [0.4, 0.5) is 0 Å². The van der Waals surface area contributed by atoms with Crippen LogP contribution in [0.3, 0.4) is 0 Å². The fraction of sp³-hybridized carbons (Fsp3) is 0. The summed E-state index contributed by atoms with van der Waals surface area (Å²) in [5.41, 5.74) is 4.68. The molecule has 0 aliphatic carbocycles. The zero-order valence-corrected chi connectivity index (χ0v) is 24.9. The summed E-state index contributed by atoms with van der Waals surface area (Å²) in [4.78, 5) is 15.7. The van der Waals surface area contributed by atoms with Gasteiger partial charge in [0, 0.05) is 67.5 Å². The second-order valence-electron chi connectivity index (χ2n) is 11.2. The van der Waals surface area contributed by atoms with Crippen LogP contribution in [0, 0.1) is 0 Å². The minimum Gasteiger partial charge on any atom is -0.244 e. The van der Waals surface area contributed by atoms with Gasteiger partial charge in [-0.3, -0.25) is 0 Å². The lowest BCUT2D eigenvalue weighted by molar-refractivity contribution is 1.20. The Labute approximate surface area is 259 Å². The number of fused-ring (bicyclic) bond motifs is 11. The lowest BCUT2D eigenvalue weighted by Crippen LogP contribution is -1.98. The maximum Gasteiger partial charge on any atom is 0.179 e. The number of hydrogen-bond acceptors (Lipinski definition) is 5. The Morgan fingerprint density at radius 2 is 1.00 bits per heavy atom. The Balaban J connectivity index is 1.30. The summed E-state index contributed by atoms with van der Waals surface area (Å²) < 4.78 is 5.15. The van der Waals surface area contributed by atoms with Gasteiger partial charge in [-0.25, -0.2) is 15.0 Å². The highest BCUT2D eigenvalue weighted by Gasteiger charge is 2.19. The van der Waals surface area contributed by atoms with Crippen LogP contribution in [0.2, 0.25) is 0 Å². The molecule has 0 amide bonds. The van der Waals surface area contributed by atoms with Crippen molar-refractivity contribution in [2.24, 2.45) is 0 Å². The third-order valence-electron chi connectivity index (χ3n) is 8.67. The number of aromatic nitrogens is 3. The van der Waals surface area contributed by atoms with Gasteiger partial charge in [0.15, 0.2) is 5.82 Å². The zero-order valence-electron chi connectivity index (χ0n) is 23.3. The van der Waals surface area contributed by atoms with Gasteiger partial charge in [-0.2, -0.15) is 0 Å². The molecule has 0 bridgehead atoms. The van der Waals surface area contributed by atoms with Gasteiger partial charge in [-0.1, -0.05) is 91.0 Å². The Morgan fingerprint density at radius 1 is 0.386 bits per heavy atom. The standard InChI is InChI=1S/C39H21N3S2/c1-5-13-30-26(11-1)35-28(19-18-25-23-9-3-8-16-33(23)44-38(25)35)37(40-30)39-41-31-14-6-2-12-27(31)36(42-39)22-17-20-34-29(21-22)24-10-4-7-15-32(24)43-34/h1-21H. The van der Waals surface area contributed by atoms with Crippen molar-refractivity contribution >= 4 is 95.6 Å². The first kappa shape index (κ1) is 24.2. The molecule has 0 unspecified atom stereocenters. The molecule has 204 valence electrons. The number of para-hydroxylation sites is 2. The molecule has 0 N–H and O–H groups in total. The average molecular weight is 596 g/mol. The minimum absolute atomic E-state index is 0.644. The van der Waals surface area contributed by atoms with Crippen molar-refractivity contribution < 1.29 is 0 Å². The number of pyridine rings is 1. The molecule has 10 rings (SSSR count). The molecule has 0 saturated heterocycles. The summed E-state index contributed by atoms with van der Waals surface area (Å²) in [6, 6.07) is 45.2. The SMILES string of the molecule is c1ccc2c(-c3ccc4sc5ccccc5c4c3)nc(-c3nc4ccccc4c4c3ccc3c5ccccc5sc34)nc2c1. The molecule has 0 spiro atoms. The van der Waals surface area contributed by atoms with E-state index in [0.717, 1.165) is 44.1 Å². The largest absolute Gasteiger partial charge is 0.244 e. The molecule has 0 atom stereocenters. The maximum absolute atomic E-state index is 5.33. The van der Waals surface area contributed by atoms with E-state index in [4.69, 9.17) is 15.0 Å². The van der Waals surface area contributed by atoms with Gasteiger partial charge >= 0.3 is 0 Å². The molecule has 5 heteroatoms. The van der Waals surface area contributed by atoms with Gasteiger partial charge < -0.3 is 0 Å². The van der Waals surface area contributed by atoms with E-state index in [1.807, 2.05) is 28.7 Å². The van der Waals surface area contributed by atoms with Gasteiger partial charge in [0.2, 0.25) is 0 Å².